The molecule has 9 nitrogen and oxygen atoms in total. The number of benzene rings is 1. The van der Waals surface area contributed by atoms with E-state index in [4.69, 9.17) is 11.6 Å². The van der Waals surface area contributed by atoms with Gasteiger partial charge in [-0.05, 0) is 35.9 Å². The van der Waals surface area contributed by atoms with Crippen molar-refractivity contribution < 1.29 is 0 Å². The molecule has 10 heteroatoms. The zero-order chi connectivity index (χ0) is 21.7. The van der Waals surface area contributed by atoms with E-state index in [9.17, 15) is 9.59 Å². The molecule has 0 aliphatic heterocycles. The first-order valence-corrected chi connectivity index (χ1v) is 9.90. The van der Waals surface area contributed by atoms with Crippen LogP contribution >= 0.6 is 11.6 Å². The number of nitrogens with zero attached hydrogens (tertiary/aromatic N) is 5. The maximum absolute atomic E-state index is 13.3. The SMILES string of the molecule is Cn1c(Nc2ccncc2)nc2c1c(=O)n(Cc1cc(Cl)c3cc[nH]c3c1)c(=O)n2C. The van der Waals surface area contributed by atoms with Gasteiger partial charge >= 0.3 is 5.69 Å². The van der Waals surface area contributed by atoms with Crippen LogP contribution < -0.4 is 16.6 Å². The van der Waals surface area contributed by atoms with Crippen molar-refractivity contribution in [3.8, 4) is 0 Å². The van der Waals surface area contributed by atoms with Gasteiger partial charge in [0.1, 0.15) is 0 Å². The van der Waals surface area contributed by atoms with E-state index in [0.29, 0.717) is 22.1 Å². The van der Waals surface area contributed by atoms with Crippen molar-refractivity contribution in [2.45, 2.75) is 6.54 Å². The highest BCUT2D eigenvalue weighted by molar-refractivity contribution is 6.35. The average molecular weight is 436 g/mol. The maximum atomic E-state index is 13.3. The van der Waals surface area contributed by atoms with Crippen LogP contribution in [-0.4, -0.2) is 28.7 Å². The molecule has 5 rings (SSSR count). The van der Waals surface area contributed by atoms with Crippen LogP contribution in [0.3, 0.4) is 0 Å². The number of hydrogen-bond acceptors (Lipinski definition) is 5. The lowest BCUT2D eigenvalue weighted by atomic mass is 10.1. The molecule has 0 saturated heterocycles. The predicted octanol–water partition coefficient (Wildman–Crippen LogP) is 2.76. The Morgan fingerprint density at radius 1 is 1.10 bits per heavy atom. The fraction of sp³-hybridized carbons (Fsp3) is 0.143. The van der Waals surface area contributed by atoms with Crippen LogP contribution in [0.4, 0.5) is 11.6 Å². The summed E-state index contributed by atoms with van der Waals surface area (Å²) in [7, 11) is 3.34. The summed E-state index contributed by atoms with van der Waals surface area (Å²) in [6.07, 6.45) is 5.10. The highest BCUT2D eigenvalue weighted by Crippen LogP contribution is 2.25. The molecule has 156 valence electrons. The Balaban J connectivity index is 1.64. The molecule has 0 atom stereocenters. The number of aromatic nitrogens is 6. The van der Waals surface area contributed by atoms with E-state index in [0.717, 1.165) is 22.2 Å². The van der Waals surface area contributed by atoms with Crippen LogP contribution in [0.5, 0.6) is 0 Å². The summed E-state index contributed by atoms with van der Waals surface area (Å²) < 4.78 is 4.22. The van der Waals surface area contributed by atoms with Gasteiger partial charge in [0.15, 0.2) is 11.2 Å². The van der Waals surface area contributed by atoms with Gasteiger partial charge in [-0.15, -0.1) is 0 Å². The molecule has 0 radical (unpaired) electrons. The third-order valence-electron chi connectivity index (χ3n) is 5.32. The van der Waals surface area contributed by atoms with Gasteiger partial charge in [0.2, 0.25) is 5.95 Å². The normalized spacial score (nSPS) is 11.5. The van der Waals surface area contributed by atoms with E-state index in [-0.39, 0.29) is 6.54 Å². The van der Waals surface area contributed by atoms with Gasteiger partial charge in [0, 0.05) is 49.3 Å². The third-order valence-corrected chi connectivity index (χ3v) is 5.63. The van der Waals surface area contributed by atoms with Crippen molar-refractivity contribution >= 4 is 45.3 Å². The second kappa shape index (κ2) is 7.13. The molecular weight excluding hydrogens is 418 g/mol. The number of anilines is 2. The van der Waals surface area contributed by atoms with Crippen LogP contribution in [0.25, 0.3) is 22.1 Å². The molecule has 0 fully saturated rings. The first-order valence-electron chi connectivity index (χ1n) is 9.53. The molecule has 0 aliphatic carbocycles. The minimum absolute atomic E-state index is 0.0917. The quantitative estimate of drug-likeness (QED) is 0.452. The highest BCUT2D eigenvalue weighted by Gasteiger charge is 2.19. The zero-order valence-electron chi connectivity index (χ0n) is 16.8. The molecule has 0 spiro atoms. The molecule has 2 N–H and O–H groups in total. The molecule has 0 saturated carbocycles. The molecular formula is C21H18ClN7O2. The first-order chi connectivity index (χ1) is 14.9. The fourth-order valence-corrected chi connectivity index (χ4v) is 4.02. The molecule has 0 aliphatic rings. The van der Waals surface area contributed by atoms with Crippen LogP contribution in [0.2, 0.25) is 5.02 Å². The first kappa shape index (κ1) is 19.1. The molecule has 5 aromatic rings. The number of pyridine rings is 1. The Kier molecular flexibility index (Phi) is 4.40. The van der Waals surface area contributed by atoms with Crippen molar-refractivity contribution in [2.24, 2.45) is 14.1 Å². The van der Waals surface area contributed by atoms with Crippen LogP contribution in [0.1, 0.15) is 5.56 Å². The van der Waals surface area contributed by atoms with E-state index < -0.39 is 11.2 Å². The minimum Gasteiger partial charge on any atom is -0.361 e. The standard InChI is InChI=1S/C21H18ClN7O2/c1-27-17-18(26-20(27)25-13-3-6-23-7-4-13)28(2)21(31)29(19(17)30)11-12-9-15(22)14-5-8-24-16(14)10-12/h3-10,24H,11H2,1-2H3,(H,23,25,26). The van der Waals surface area contributed by atoms with E-state index in [1.165, 1.54) is 9.13 Å². The van der Waals surface area contributed by atoms with Gasteiger partial charge in [-0.2, -0.15) is 4.98 Å². The fourth-order valence-electron chi connectivity index (χ4n) is 3.71. The second-order valence-corrected chi connectivity index (χ2v) is 7.68. The van der Waals surface area contributed by atoms with Gasteiger partial charge in [-0.1, -0.05) is 11.6 Å². The maximum Gasteiger partial charge on any atom is 0.332 e. The number of aromatic amines is 1. The Morgan fingerprint density at radius 2 is 1.87 bits per heavy atom. The number of nitrogens with one attached hydrogen (secondary N) is 2. The molecule has 0 unspecified atom stereocenters. The Bertz CT molecular complexity index is 1560. The number of imidazole rings is 1. The molecule has 1 aromatic carbocycles. The zero-order valence-corrected chi connectivity index (χ0v) is 17.5. The minimum atomic E-state index is -0.450. The summed E-state index contributed by atoms with van der Waals surface area (Å²) in [5.41, 5.74) is 2.13. The van der Waals surface area contributed by atoms with Crippen LogP contribution in [-0.2, 0) is 20.6 Å². The molecule has 0 bridgehead atoms. The molecule has 31 heavy (non-hydrogen) atoms. The molecule has 0 amide bonds. The van der Waals surface area contributed by atoms with Crippen LogP contribution in [0.15, 0.2) is 58.5 Å². The van der Waals surface area contributed by atoms with Crippen LogP contribution in [0, 0.1) is 0 Å². The van der Waals surface area contributed by atoms with Crippen molar-refractivity contribution in [3.63, 3.8) is 0 Å². The number of halogens is 1. The van der Waals surface area contributed by atoms with Crippen molar-refractivity contribution in [1.29, 1.82) is 0 Å². The van der Waals surface area contributed by atoms with Gasteiger partial charge < -0.3 is 14.9 Å². The molecule has 4 aromatic heterocycles. The van der Waals surface area contributed by atoms with E-state index in [1.807, 2.05) is 12.1 Å². The lowest BCUT2D eigenvalue weighted by Gasteiger charge is -2.10. The number of fused-ring (bicyclic) bond motifs is 2. The summed E-state index contributed by atoms with van der Waals surface area (Å²) in [6, 6.07) is 9.12. The van der Waals surface area contributed by atoms with Gasteiger partial charge in [0.05, 0.1) is 11.6 Å². The Morgan fingerprint density at radius 3 is 2.65 bits per heavy atom. The predicted molar refractivity (Wildman–Crippen MR) is 120 cm³/mol. The lowest BCUT2D eigenvalue weighted by molar-refractivity contribution is 0.655. The summed E-state index contributed by atoms with van der Waals surface area (Å²) in [4.78, 5) is 37.9. The van der Waals surface area contributed by atoms with Crippen molar-refractivity contribution in [2.75, 3.05) is 5.32 Å². The lowest BCUT2D eigenvalue weighted by Crippen LogP contribution is -2.39. The van der Waals surface area contributed by atoms with Crippen molar-refractivity contribution in [3.05, 3.63) is 80.3 Å². The average Bonchev–Trinajstić information content (AvgIpc) is 3.36. The van der Waals surface area contributed by atoms with Gasteiger partial charge in [0.25, 0.3) is 5.56 Å². The summed E-state index contributed by atoms with van der Waals surface area (Å²) in [5, 5.41) is 4.60. The topological polar surface area (TPSA) is 103 Å². The van der Waals surface area contributed by atoms with E-state index in [1.54, 1.807) is 55.5 Å². The number of hydrogen-bond donors (Lipinski definition) is 2. The summed E-state index contributed by atoms with van der Waals surface area (Å²) in [6.45, 7) is 0.0917. The monoisotopic (exact) mass is 435 g/mol. The molecule has 4 heterocycles. The van der Waals surface area contributed by atoms with Crippen molar-refractivity contribution in [1.82, 2.24) is 28.7 Å². The summed E-state index contributed by atoms with van der Waals surface area (Å²) >= 11 is 6.36. The summed E-state index contributed by atoms with van der Waals surface area (Å²) in [5.74, 6) is 0.446. The van der Waals surface area contributed by atoms with Gasteiger partial charge in [-0.25, -0.2) is 4.79 Å². The number of aryl methyl sites for hydroxylation is 2. The number of rotatable bonds is 4. The highest BCUT2D eigenvalue weighted by atomic mass is 35.5. The Labute approximate surface area is 180 Å². The van der Waals surface area contributed by atoms with Gasteiger partial charge in [-0.3, -0.25) is 18.9 Å². The van der Waals surface area contributed by atoms with E-state index >= 15 is 0 Å². The third kappa shape index (κ3) is 3.10. The second-order valence-electron chi connectivity index (χ2n) is 7.28. The Hall–Kier alpha value is -3.85. The largest absolute Gasteiger partial charge is 0.361 e. The van der Waals surface area contributed by atoms with E-state index in [2.05, 4.69) is 20.3 Å². The number of H-pyrrole nitrogens is 1. The smallest absolute Gasteiger partial charge is 0.332 e.